The third-order valence-corrected chi connectivity index (χ3v) is 5.46. The Morgan fingerprint density at radius 3 is 2.95 bits per heavy atom. The van der Waals surface area contributed by atoms with E-state index in [0.717, 1.165) is 15.8 Å². The molecular weight excluding hydrogens is 309 g/mol. The van der Waals surface area contributed by atoms with Crippen molar-refractivity contribution in [2.45, 2.75) is 38.3 Å². The molecule has 0 spiro atoms. The molecule has 2 unspecified atom stereocenters. The maximum absolute atomic E-state index is 6.16. The molecule has 0 saturated heterocycles. The van der Waals surface area contributed by atoms with Gasteiger partial charge in [-0.2, -0.15) is 0 Å². The van der Waals surface area contributed by atoms with Crippen molar-refractivity contribution in [3.63, 3.8) is 0 Å². The summed E-state index contributed by atoms with van der Waals surface area (Å²) in [7, 11) is 0. The second kappa shape index (κ2) is 6.07. The van der Waals surface area contributed by atoms with Crippen LogP contribution in [0.2, 0.25) is 9.36 Å². The Bertz CT molecular complexity index is 608. The van der Waals surface area contributed by atoms with E-state index < -0.39 is 0 Å². The van der Waals surface area contributed by atoms with Crippen LogP contribution in [0, 0.1) is 0 Å². The summed E-state index contributed by atoms with van der Waals surface area (Å²) < 4.78 is 0.902. The molecule has 1 N–H and O–H groups in total. The molecule has 1 heterocycles. The van der Waals surface area contributed by atoms with Crippen LogP contribution in [0.15, 0.2) is 30.3 Å². The Labute approximate surface area is 133 Å². The molecule has 0 bridgehead atoms. The standard InChI is InChI=1S/C16H17Cl2NS/c1-10(11-4-2-5-12(17)8-11)19-14-6-3-7-15-13(14)9-16(18)20-15/h2,4-5,8-10,14,19H,3,6-7H2,1H3. The molecule has 0 amide bonds. The first-order valence-corrected chi connectivity index (χ1v) is 8.50. The zero-order chi connectivity index (χ0) is 14.1. The lowest BCUT2D eigenvalue weighted by molar-refractivity contribution is 0.418. The Morgan fingerprint density at radius 2 is 2.15 bits per heavy atom. The van der Waals surface area contributed by atoms with Crippen molar-refractivity contribution >= 4 is 34.5 Å². The number of hydrogen-bond acceptors (Lipinski definition) is 2. The van der Waals surface area contributed by atoms with E-state index in [-0.39, 0.29) is 6.04 Å². The van der Waals surface area contributed by atoms with Crippen LogP contribution < -0.4 is 5.32 Å². The van der Waals surface area contributed by atoms with Crippen LogP contribution in [0.1, 0.15) is 47.9 Å². The number of hydrogen-bond donors (Lipinski definition) is 1. The first kappa shape index (κ1) is 14.4. The number of nitrogens with one attached hydrogen (secondary N) is 1. The second-order valence-corrected chi connectivity index (χ2v) is 7.52. The Balaban J connectivity index is 1.78. The highest BCUT2D eigenvalue weighted by Crippen LogP contribution is 2.38. The maximum atomic E-state index is 6.16. The number of fused-ring (bicyclic) bond motifs is 1. The van der Waals surface area contributed by atoms with E-state index >= 15 is 0 Å². The van der Waals surface area contributed by atoms with E-state index in [1.165, 1.54) is 28.8 Å². The van der Waals surface area contributed by atoms with Crippen LogP contribution >= 0.6 is 34.5 Å². The number of aryl methyl sites for hydroxylation is 1. The van der Waals surface area contributed by atoms with Crippen molar-refractivity contribution < 1.29 is 0 Å². The highest BCUT2D eigenvalue weighted by Gasteiger charge is 2.24. The molecule has 0 radical (unpaired) electrons. The zero-order valence-electron chi connectivity index (χ0n) is 11.3. The fraction of sp³-hybridized carbons (Fsp3) is 0.375. The lowest BCUT2D eigenvalue weighted by atomic mass is 9.93. The predicted octanol–water partition coefficient (Wildman–Crippen LogP) is 5.78. The highest BCUT2D eigenvalue weighted by molar-refractivity contribution is 7.16. The van der Waals surface area contributed by atoms with E-state index in [2.05, 4.69) is 24.4 Å². The summed E-state index contributed by atoms with van der Waals surface area (Å²) in [5.74, 6) is 0. The van der Waals surface area contributed by atoms with Gasteiger partial charge < -0.3 is 5.32 Å². The molecule has 1 aliphatic rings. The van der Waals surface area contributed by atoms with E-state index in [0.29, 0.717) is 6.04 Å². The van der Waals surface area contributed by atoms with Gasteiger partial charge in [-0.05, 0) is 55.5 Å². The summed E-state index contributed by atoms with van der Waals surface area (Å²) in [6.07, 6.45) is 3.56. The van der Waals surface area contributed by atoms with E-state index in [1.54, 1.807) is 11.3 Å². The molecule has 1 aromatic carbocycles. The first-order chi connectivity index (χ1) is 9.63. The fourth-order valence-electron chi connectivity index (χ4n) is 2.87. The monoisotopic (exact) mass is 325 g/mol. The number of rotatable bonds is 3. The molecule has 3 rings (SSSR count). The van der Waals surface area contributed by atoms with Gasteiger partial charge in [0.1, 0.15) is 0 Å². The minimum absolute atomic E-state index is 0.281. The van der Waals surface area contributed by atoms with Crippen LogP contribution in [0.3, 0.4) is 0 Å². The van der Waals surface area contributed by atoms with Crippen molar-refractivity contribution in [3.05, 3.63) is 55.7 Å². The SMILES string of the molecule is CC(NC1CCCc2sc(Cl)cc21)c1cccc(Cl)c1. The minimum atomic E-state index is 0.281. The molecule has 2 aromatic rings. The number of halogens is 2. The van der Waals surface area contributed by atoms with Gasteiger partial charge in [-0.25, -0.2) is 0 Å². The van der Waals surface area contributed by atoms with Crippen LogP contribution in [0.4, 0.5) is 0 Å². The molecule has 0 saturated carbocycles. The van der Waals surface area contributed by atoms with Gasteiger partial charge in [0, 0.05) is 22.0 Å². The van der Waals surface area contributed by atoms with Gasteiger partial charge in [0.15, 0.2) is 0 Å². The van der Waals surface area contributed by atoms with Crippen molar-refractivity contribution in [1.82, 2.24) is 5.32 Å². The van der Waals surface area contributed by atoms with Crippen LogP contribution in [-0.4, -0.2) is 0 Å². The summed E-state index contributed by atoms with van der Waals surface area (Å²) >= 11 is 14.0. The Morgan fingerprint density at radius 1 is 1.30 bits per heavy atom. The van der Waals surface area contributed by atoms with Gasteiger partial charge in [0.2, 0.25) is 0 Å². The third kappa shape index (κ3) is 3.04. The summed E-state index contributed by atoms with van der Waals surface area (Å²) in [6, 6.07) is 10.9. The van der Waals surface area contributed by atoms with Gasteiger partial charge in [-0.15, -0.1) is 11.3 Å². The normalized spacial score (nSPS) is 19.6. The van der Waals surface area contributed by atoms with E-state index in [9.17, 15) is 0 Å². The van der Waals surface area contributed by atoms with Crippen molar-refractivity contribution in [3.8, 4) is 0 Å². The molecule has 4 heteroatoms. The molecule has 0 fully saturated rings. The first-order valence-electron chi connectivity index (χ1n) is 6.93. The topological polar surface area (TPSA) is 12.0 Å². The van der Waals surface area contributed by atoms with Gasteiger partial charge in [-0.1, -0.05) is 35.3 Å². The molecule has 1 nitrogen and oxygen atoms in total. The molecule has 106 valence electrons. The lowest BCUT2D eigenvalue weighted by Gasteiger charge is -2.27. The fourth-order valence-corrected chi connectivity index (χ4v) is 4.45. The average molecular weight is 326 g/mol. The minimum Gasteiger partial charge on any atom is -0.303 e. The van der Waals surface area contributed by atoms with Gasteiger partial charge in [0.25, 0.3) is 0 Å². The van der Waals surface area contributed by atoms with Crippen LogP contribution in [0.5, 0.6) is 0 Å². The molecular formula is C16H17Cl2NS. The molecule has 20 heavy (non-hydrogen) atoms. The number of benzene rings is 1. The second-order valence-electron chi connectivity index (χ2n) is 5.32. The summed E-state index contributed by atoms with van der Waals surface area (Å²) in [6.45, 7) is 2.19. The van der Waals surface area contributed by atoms with Crippen LogP contribution in [-0.2, 0) is 6.42 Å². The van der Waals surface area contributed by atoms with E-state index in [1.807, 2.05) is 18.2 Å². The molecule has 2 atom stereocenters. The Kier molecular flexibility index (Phi) is 4.37. The van der Waals surface area contributed by atoms with Gasteiger partial charge in [-0.3, -0.25) is 0 Å². The quantitative estimate of drug-likeness (QED) is 0.753. The summed E-state index contributed by atoms with van der Waals surface area (Å²) in [4.78, 5) is 1.44. The van der Waals surface area contributed by atoms with Crippen molar-refractivity contribution in [2.75, 3.05) is 0 Å². The van der Waals surface area contributed by atoms with Gasteiger partial charge >= 0.3 is 0 Å². The van der Waals surface area contributed by atoms with Crippen molar-refractivity contribution in [1.29, 1.82) is 0 Å². The maximum Gasteiger partial charge on any atom is 0.0934 e. The Hall–Kier alpha value is -0.540. The molecule has 1 aliphatic carbocycles. The highest BCUT2D eigenvalue weighted by atomic mass is 35.5. The average Bonchev–Trinajstić information content (AvgIpc) is 2.80. The molecule has 1 aromatic heterocycles. The van der Waals surface area contributed by atoms with E-state index in [4.69, 9.17) is 23.2 Å². The van der Waals surface area contributed by atoms with Gasteiger partial charge in [0.05, 0.1) is 4.34 Å². The summed E-state index contributed by atoms with van der Waals surface area (Å²) in [5.41, 5.74) is 2.62. The third-order valence-electron chi connectivity index (χ3n) is 3.88. The predicted molar refractivity (Wildman–Crippen MR) is 88.0 cm³/mol. The summed E-state index contributed by atoms with van der Waals surface area (Å²) in [5, 5.41) is 4.51. The zero-order valence-corrected chi connectivity index (χ0v) is 13.7. The van der Waals surface area contributed by atoms with Crippen molar-refractivity contribution in [2.24, 2.45) is 0 Å². The lowest BCUT2D eigenvalue weighted by Crippen LogP contribution is -2.27. The number of thiophene rings is 1. The largest absolute Gasteiger partial charge is 0.303 e. The molecule has 0 aliphatic heterocycles. The van der Waals surface area contributed by atoms with Crippen LogP contribution in [0.25, 0.3) is 0 Å². The smallest absolute Gasteiger partial charge is 0.0934 e.